The number of carbonyl (C=O) groups is 1. The van der Waals surface area contributed by atoms with Crippen LogP contribution in [0.4, 0.5) is 4.79 Å². The van der Waals surface area contributed by atoms with E-state index in [2.05, 4.69) is 5.32 Å². The van der Waals surface area contributed by atoms with E-state index in [1.807, 2.05) is 6.92 Å². The quantitative estimate of drug-likeness (QED) is 0.477. The Bertz CT molecular complexity index is 305. The van der Waals surface area contributed by atoms with Crippen LogP contribution < -0.4 is 5.32 Å². The van der Waals surface area contributed by atoms with E-state index >= 15 is 0 Å². The van der Waals surface area contributed by atoms with Crippen molar-refractivity contribution in [3.63, 3.8) is 0 Å². The van der Waals surface area contributed by atoms with E-state index in [-0.39, 0.29) is 0 Å². The number of fused-ring (bicyclic) bond motifs is 1. The number of nitrogens with zero attached hydrogens (tertiary/aromatic N) is 2. The number of hydrogen-bond donors (Lipinski definition) is 1. The van der Waals surface area contributed by atoms with E-state index < -0.39 is 22.1 Å². The average Bonchev–Trinajstić information content (AvgIpc) is 2.11. The first-order valence-electron chi connectivity index (χ1n) is 4.17. The van der Waals surface area contributed by atoms with Gasteiger partial charge in [-0.1, -0.05) is 0 Å². The zero-order chi connectivity index (χ0) is 9.85. The number of urea groups is 1. The molecule has 6 heteroatoms. The van der Waals surface area contributed by atoms with Gasteiger partial charge in [0.1, 0.15) is 5.54 Å². The molecule has 2 aliphatic rings. The Labute approximate surface area is 75.0 Å². The van der Waals surface area contributed by atoms with Crippen LogP contribution in [0, 0.1) is 10.1 Å². The molecule has 2 atom stereocenters. The maximum Gasteiger partial charge on any atom is 0.376 e. The number of hydrogen-bond acceptors (Lipinski definition) is 3. The molecule has 2 fully saturated rings. The van der Waals surface area contributed by atoms with E-state index in [0.717, 1.165) is 11.4 Å². The third kappa shape index (κ3) is 0.707. The predicted molar refractivity (Wildman–Crippen MR) is 43.4 cm³/mol. The largest absolute Gasteiger partial charge is 0.376 e. The van der Waals surface area contributed by atoms with E-state index in [0.29, 0.717) is 6.42 Å². The molecule has 0 aromatic heterocycles. The normalized spacial score (nSPS) is 42.3. The standard InChI is InChI=1S/C7H11N3O3/c1-6-3-4-7(6,2)9(10(12)13)5(11)8-6/h3-4H2,1-2H3,(H,8,11)/t6-,7+/m0/s1. The number of nitro groups is 1. The van der Waals surface area contributed by atoms with Crippen LogP contribution >= 0.6 is 0 Å². The van der Waals surface area contributed by atoms with Gasteiger partial charge < -0.3 is 5.32 Å². The molecule has 2 amide bonds. The molecule has 0 radical (unpaired) electrons. The molecule has 1 saturated carbocycles. The molecule has 0 spiro atoms. The van der Waals surface area contributed by atoms with Gasteiger partial charge in [0, 0.05) is 0 Å². The lowest BCUT2D eigenvalue weighted by Gasteiger charge is -2.48. The maximum absolute atomic E-state index is 11.3. The number of amides is 2. The van der Waals surface area contributed by atoms with Gasteiger partial charge in [0.2, 0.25) is 0 Å². The minimum atomic E-state index is -0.645. The zero-order valence-electron chi connectivity index (χ0n) is 7.53. The highest BCUT2D eigenvalue weighted by Crippen LogP contribution is 2.49. The Morgan fingerprint density at radius 1 is 1.54 bits per heavy atom. The molecule has 1 N–H and O–H groups in total. The molecule has 1 aliphatic heterocycles. The fourth-order valence-electron chi connectivity index (χ4n) is 2.17. The third-order valence-electron chi connectivity index (χ3n) is 3.51. The first-order chi connectivity index (χ1) is 5.91. The SMILES string of the molecule is C[C@@]12CC[C@]1(C)NC(=O)N2[N+](=O)[O-]. The van der Waals surface area contributed by atoms with Gasteiger partial charge in [0.25, 0.3) is 0 Å². The van der Waals surface area contributed by atoms with Crippen LogP contribution in [0.25, 0.3) is 0 Å². The molecule has 1 aliphatic carbocycles. The van der Waals surface area contributed by atoms with Gasteiger partial charge in [-0.3, -0.25) is 0 Å². The summed E-state index contributed by atoms with van der Waals surface area (Å²) in [6.07, 6.45) is 1.49. The smallest absolute Gasteiger partial charge is 0.326 e. The van der Waals surface area contributed by atoms with Gasteiger partial charge in [-0.2, -0.15) is 0 Å². The van der Waals surface area contributed by atoms with Crippen molar-refractivity contribution in [3.05, 3.63) is 10.1 Å². The van der Waals surface area contributed by atoms with Crippen LogP contribution in [-0.2, 0) is 0 Å². The van der Waals surface area contributed by atoms with Crippen molar-refractivity contribution in [1.82, 2.24) is 10.3 Å². The summed E-state index contributed by atoms with van der Waals surface area (Å²) in [6.45, 7) is 3.59. The summed E-state index contributed by atoms with van der Waals surface area (Å²) in [4.78, 5) is 21.9. The first-order valence-corrected chi connectivity index (χ1v) is 4.17. The second-order valence-electron chi connectivity index (χ2n) is 4.09. The van der Waals surface area contributed by atoms with Crippen molar-refractivity contribution in [1.29, 1.82) is 0 Å². The highest BCUT2D eigenvalue weighted by Gasteiger charge is 2.69. The summed E-state index contributed by atoms with van der Waals surface area (Å²) in [5, 5.41) is 13.4. The molecule has 0 unspecified atom stereocenters. The Hall–Kier alpha value is -1.33. The fourth-order valence-corrected chi connectivity index (χ4v) is 2.17. The molecular formula is C7H11N3O3. The Kier molecular flexibility index (Phi) is 1.24. The summed E-state index contributed by atoms with van der Waals surface area (Å²) < 4.78 is 0. The average molecular weight is 185 g/mol. The summed E-state index contributed by atoms with van der Waals surface area (Å²) in [6, 6.07) is -0.590. The van der Waals surface area contributed by atoms with Crippen LogP contribution in [0.3, 0.4) is 0 Å². The van der Waals surface area contributed by atoms with Crippen molar-refractivity contribution < 1.29 is 9.83 Å². The molecule has 13 heavy (non-hydrogen) atoms. The van der Waals surface area contributed by atoms with Crippen LogP contribution in [0.15, 0.2) is 0 Å². The van der Waals surface area contributed by atoms with Gasteiger partial charge in [0.15, 0.2) is 5.03 Å². The summed E-state index contributed by atoms with van der Waals surface area (Å²) >= 11 is 0. The molecule has 0 bridgehead atoms. The lowest BCUT2D eigenvalue weighted by atomic mass is 9.63. The molecule has 72 valence electrons. The van der Waals surface area contributed by atoms with Gasteiger partial charge >= 0.3 is 6.03 Å². The topological polar surface area (TPSA) is 75.5 Å². The van der Waals surface area contributed by atoms with Crippen LogP contribution in [0.1, 0.15) is 26.7 Å². The molecule has 2 rings (SSSR count). The minimum absolute atomic E-state index is 0.419. The van der Waals surface area contributed by atoms with Crippen molar-refractivity contribution in [2.24, 2.45) is 0 Å². The molecule has 0 aromatic carbocycles. The molecular weight excluding hydrogens is 174 g/mol. The Morgan fingerprint density at radius 3 is 2.38 bits per heavy atom. The van der Waals surface area contributed by atoms with Crippen molar-refractivity contribution in [2.75, 3.05) is 0 Å². The third-order valence-corrected chi connectivity index (χ3v) is 3.51. The number of hydrazine groups is 1. The maximum atomic E-state index is 11.3. The van der Waals surface area contributed by atoms with Crippen molar-refractivity contribution in [3.8, 4) is 0 Å². The monoisotopic (exact) mass is 185 g/mol. The summed E-state index contributed by atoms with van der Waals surface area (Å²) in [5.74, 6) is 0. The van der Waals surface area contributed by atoms with Gasteiger partial charge in [-0.05, 0) is 31.7 Å². The zero-order valence-corrected chi connectivity index (χ0v) is 7.53. The fraction of sp³-hybridized carbons (Fsp3) is 0.857. The minimum Gasteiger partial charge on any atom is -0.326 e. The van der Waals surface area contributed by atoms with Gasteiger partial charge in [0.05, 0.1) is 5.54 Å². The van der Waals surface area contributed by atoms with E-state index in [9.17, 15) is 14.9 Å². The Morgan fingerprint density at radius 2 is 2.15 bits per heavy atom. The van der Waals surface area contributed by atoms with Crippen LogP contribution in [0.5, 0.6) is 0 Å². The Balaban J connectivity index is 2.40. The van der Waals surface area contributed by atoms with Gasteiger partial charge in [-0.15, -0.1) is 0 Å². The number of carbonyl (C=O) groups excluding carboxylic acids is 1. The first kappa shape index (κ1) is 8.28. The summed E-state index contributed by atoms with van der Waals surface area (Å²) in [5.41, 5.74) is -1.06. The molecule has 1 saturated heterocycles. The van der Waals surface area contributed by atoms with Crippen molar-refractivity contribution in [2.45, 2.75) is 37.8 Å². The molecule has 1 heterocycles. The number of rotatable bonds is 1. The van der Waals surface area contributed by atoms with Gasteiger partial charge in [-0.25, -0.2) is 14.9 Å². The number of nitrogens with one attached hydrogen (secondary N) is 1. The molecule has 0 aromatic rings. The second kappa shape index (κ2) is 1.94. The highest BCUT2D eigenvalue weighted by atomic mass is 16.7. The van der Waals surface area contributed by atoms with E-state index in [4.69, 9.17) is 0 Å². The van der Waals surface area contributed by atoms with Crippen LogP contribution in [-0.4, -0.2) is 27.2 Å². The predicted octanol–water partition coefficient (Wildman–Crippen LogP) is 0.514. The summed E-state index contributed by atoms with van der Waals surface area (Å²) in [7, 11) is 0. The van der Waals surface area contributed by atoms with Crippen molar-refractivity contribution >= 4 is 6.03 Å². The second-order valence-corrected chi connectivity index (χ2v) is 4.09. The molecule has 6 nitrogen and oxygen atoms in total. The lowest BCUT2D eigenvalue weighted by Crippen LogP contribution is -2.66. The lowest BCUT2D eigenvalue weighted by molar-refractivity contribution is -0.651. The van der Waals surface area contributed by atoms with E-state index in [1.54, 1.807) is 6.92 Å². The van der Waals surface area contributed by atoms with Crippen LogP contribution in [0.2, 0.25) is 0 Å². The van der Waals surface area contributed by atoms with E-state index in [1.165, 1.54) is 0 Å². The highest BCUT2D eigenvalue weighted by molar-refractivity contribution is 5.79.